The number of fused-ring (bicyclic) bond motifs is 1. The first-order valence-electron chi connectivity index (χ1n) is 18.7. The van der Waals surface area contributed by atoms with E-state index in [9.17, 15) is 19.5 Å². The molecule has 1 saturated heterocycles. The molecule has 1 fully saturated rings. The van der Waals surface area contributed by atoms with Gasteiger partial charge in [0.25, 0.3) is 0 Å². The molecule has 2 aromatic carbocycles. The van der Waals surface area contributed by atoms with Gasteiger partial charge in [-0.3, -0.25) is 9.59 Å². The van der Waals surface area contributed by atoms with Crippen LogP contribution in [0.25, 0.3) is 6.08 Å². The third-order valence-electron chi connectivity index (χ3n) is 9.54. The maximum Gasteiger partial charge on any atom is 0.339 e. The normalized spacial score (nSPS) is 19.8. The quantitative estimate of drug-likeness (QED) is 0.0885. The number of ether oxygens (including phenoxy) is 4. The van der Waals surface area contributed by atoms with Gasteiger partial charge < -0.3 is 39.4 Å². The van der Waals surface area contributed by atoms with Crippen molar-refractivity contribution in [3.63, 3.8) is 0 Å². The van der Waals surface area contributed by atoms with Crippen molar-refractivity contribution >= 4 is 23.9 Å². The Morgan fingerprint density at radius 3 is 2.33 bits per heavy atom. The Bertz CT molecular complexity index is 1480. The molecule has 2 aliphatic rings. The highest BCUT2D eigenvalue weighted by Crippen LogP contribution is 2.43. The maximum atomic E-state index is 14.4. The molecule has 0 spiro atoms. The molecule has 52 heavy (non-hydrogen) atoms. The van der Waals surface area contributed by atoms with Crippen LogP contribution in [-0.4, -0.2) is 96.5 Å². The predicted molar refractivity (Wildman–Crippen MR) is 198 cm³/mol. The van der Waals surface area contributed by atoms with Gasteiger partial charge in [0.15, 0.2) is 5.79 Å². The molecule has 0 bridgehead atoms. The van der Waals surface area contributed by atoms with Crippen LogP contribution < -0.4 is 5.32 Å². The van der Waals surface area contributed by atoms with Gasteiger partial charge in [0.2, 0.25) is 11.8 Å². The lowest BCUT2D eigenvalue weighted by molar-refractivity contribution is -0.190. The summed E-state index contributed by atoms with van der Waals surface area (Å²) in [6.45, 7) is 4.11. The van der Waals surface area contributed by atoms with E-state index in [4.69, 9.17) is 24.1 Å². The largest absolute Gasteiger partial charge is 0.499 e. The van der Waals surface area contributed by atoms with Crippen LogP contribution >= 0.6 is 0 Å². The van der Waals surface area contributed by atoms with Crippen molar-refractivity contribution in [3.05, 3.63) is 89.2 Å². The second-order valence-corrected chi connectivity index (χ2v) is 13.5. The highest BCUT2D eigenvalue weighted by Gasteiger charge is 2.52. The van der Waals surface area contributed by atoms with Crippen LogP contribution in [-0.2, 0) is 35.0 Å². The van der Waals surface area contributed by atoms with Crippen LogP contribution in [0.2, 0.25) is 0 Å². The Kier molecular flexibility index (Phi) is 16.3. The van der Waals surface area contributed by atoms with E-state index < -0.39 is 36.1 Å². The summed E-state index contributed by atoms with van der Waals surface area (Å²) in [4.78, 5) is 43.0. The molecule has 11 nitrogen and oxygen atoms in total. The Hall–Kier alpha value is -4.03. The summed E-state index contributed by atoms with van der Waals surface area (Å²) in [6, 6.07) is 15.5. The molecule has 1 heterocycles. The Morgan fingerprint density at radius 2 is 1.65 bits per heavy atom. The van der Waals surface area contributed by atoms with Gasteiger partial charge >= 0.3 is 5.97 Å². The number of carbonyl (C=O) groups excluding carboxylic acids is 3. The molecular weight excluding hydrogens is 664 g/mol. The van der Waals surface area contributed by atoms with E-state index in [0.29, 0.717) is 29.5 Å². The van der Waals surface area contributed by atoms with E-state index in [-0.39, 0.29) is 51.0 Å². The molecule has 11 heteroatoms. The summed E-state index contributed by atoms with van der Waals surface area (Å²) in [7, 11) is 1.59. The van der Waals surface area contributed by atoms with Crippen LogP contribution in [0.5, 0.6) is 0 Å². The maximum absolute atomic E-state index is 14.4. The molecule has 0 radical (unpaired) electrons. The third-order valence-corrected chi connectivity index (χ3v) is 9.54. The fourth-order valence-electron chi connectivity index (χ4n) is 6.77. The smallest absolute Gasteiger partial charge is 0.339 e. The molecule has 2 aromatic rings. The van der Waals surface area contributed by atoms with Crippen molar-refractivity contribution in [3.8, 4) is 0 Å². The lowest BCUT2D eigenvalue weighted by atomic mass is 9.90. The minimum atomic E-state index is -0.879. The number of likely N-dealkylation sites (N-methyl/N-ethyl adjacent to an activating group) is 1. The molecule has 0 saturated carbocycles. The highest BCUT2D eigenvalue weighted by molar-refractivity contribution is 5.97. The van der Waals surface area contributed by atoms with Crippen molar-refractivity contribution < 1.29 is 43.5 Å². The molecule has 2 amide bonds. The molecule has 4 unspecified atom stereocenters. The van der Waals surface area contributed by atoms with Crippen LogP contribution in [0.15, 0.2) is 72.5 Å². The molecule has 4 rings (SSSR count). The second kappa shape index (κ2) is 20.9. The van der Waals surface area contributed by atoms with Gasteiger partial charge in [-0.25, -0.2) is 4.79 Å². The summed E-state index contributed by atoms with van der Waals surface area (Å²) in [6.07, 6.45) is 10.3. The zero-order chi connectivity index (χ0) is 37.3. The molecule has 4 atom stereocenters. The van der Waals surface area contributed by atoms with E-state index >= 15 is 0 Å². The van der Waals surface area contributed by atoms with E-state index in [1.54, 1.807) is 43.5 Å². The van der Waals surface area contributed by atoms with Crippen LogP contribution in [0.3, 0.4) is 0 Å². The third kappa shape index (κ3) is 11.2. The average molecular weight is 721 g/mol. The van der Waals surface area contributed by atoms with Gasteiger partial charge in [0.1, 0.15) is 31.0 Å². The number of esters is 1. The second-order valence-electron chi connectivity index (χ2n) is 13.5. The summed E-state index contributed by atoms with van der Waals surface area (Å²) in [5, 5.41) is 21.2. The van der Waals surface area contributed by atoms with Crippen molar-refractivity contribution in [2.45, 2.75) is 108 Å². The van der Waals surface area contributed by atoms with Gasteiger partial charge in [0.05, 0.1) is 25.0 Å². The summed E-state index contributed by atoms with van der Waals surface area (Å²) in [5.41, 5.74) is 2.12. The summed E-state index contributed by atoms with van der Waals surface area (Å²) >= 11 is 0. The van der Waals surface area contributed by atoms with Crippen molar-refractivity contribution in [1.29, 1.82) is 0 Å². The van der Waals surface area contributed by atoms with Crippen molar-refractivity contribution in [2.24, 2.45) is 0 Å². The molecule has 284 valence electrons. The lowest BCUT2D eigenvalue weighted by Gasteiger charge is -2.33. The summed E-state index contributed by atoms with van der Waals surface area (Å²) < 4.78 is 25.1. The first-order valence-corrected chi connectivity index (χ1v) is 18.7. The number of nitrogens with one attached hydrogen (secondary N) is 1. The van der Waals surface area contributed by atoms with Gasteiger partial charge in [-0.1, -0.05) is 88.1 Å². The molecule has 1 aliphatic carbocycles. The molecule has 1 aliphatic heterocycles. The van der Waals surface area contributed by atoms with E-state index in [0.717, 1.165) is 44.1 Å². The number of nitrogens with zero attached hydrogens (tertiary/aromatic N) is 1. The van der Waals surface area contributed by atoms with Crippen LogP contribution in [0.4, 0.5) is 0 Å². The van der Waals surface area contributed by atoms with Gasteiger partial charge in [0, 0.05) is 44.8 Å². The van der Waals surface area contributed by atoms with E-state index in [2.05, 4.69) is 19.2 Å². The molecule has 0 aromatic heterocycles. The van der Waals surface area contributed by atoms with Crippen LogP contribution in [0.1, 0.15) is 93.1 Å². The van der Waals surface area contributed by atoms with Crippen molar-refractivity contribution in [1.82, 2.24) is 10.2 Å². The van der Waals surface area contributed by atoms with Gasteiger partial charge in [-0.15, -0.1) is 0 Å². The number of hydrogen-bond acceptors (Lipinski definition) is 9. The van der Waals surface area contributed by atoms with Crippen LogP contribution in [0, 0.1) is 0 Å². The Morgan fingerprint density at radius 1 is 0.962 bits per heavy atom. The van der Waals surface area contributed by atoms with Gasteiger partial charge in [-0.2, -0.15) is 0 Å². The number of aliphatic hydroxyl groups excluding tert-OH is 2. The Labute approximate surface area is 308 Å². The first kappa shape index (κ1) is 40.7. The minimum Gasteiger partial charge on any atom is -0.499 e. The van der Waals surface area contributed by atoms with Gasteiger partial charge in [-0.05, 0) is 42.2 Å². The number of hydrogen-bond donors (Lipinski definition) is 3. The summed E-state index contributed by atoms with van der Waals surface area (Å²) in [5.74, 6) is -2.24. The SMILES string of the molecule is CCCCCC1(CCCCC)OC2C=C(C(=O)N(C)C(Cc3ccccc3)C(=O)NCCO)CC(OC(=O)c3ccccc3C=COCCO)C2O1. The molecular formula is C41H56N2O9. The molecule has 3 N–H and O–H groups in total. The van der Waals surface area contributed by atoms with E-state index in [1.165, 1.54) is 11.2 Å². The fraction of sp³-hybridized carbons (Fsp3) is 0.537. The number of aliphatic hydroxyl groups is 2. The monoisotopic (exact) mass is 720 g/mol. The lowest BCUT2D eigenvalue weighted by Crippen LogP contribution is -2.51. The predicted octanol–water partition coefficient (Wildman–Crippen LogP) is 5.34. The standard InChI is InChI=1S/C41H56N2O9/c1-4-6-13-20-41(21-14-7-5-2)51-36-29-32(39(47)43(3)34(38(46)42-22-23-44)27-30-15-9-8-10-16-30)28-35(37(36)52-41)50-40(48)33-18-12-11-17-31(33)19-25-49-26-24-45/h8-12,15-19,25,29,34-37,44-45H,4-7,13-14,20-24,26-28H2,1-3H3,(H,42,46). The first-order chi connectivity index (χ1) is 25.3. The zero-order valence-electron chi connectivity index (χ0n) is 30.8. The number of rotatable bonds is 21. The van der Waals surface area contributed by atoms with Crippen molar-refractivity contribution in [2.75, 3.05) is 33.4 Å². The Balaban J connectivity index is 1.66. The average Bonchev–Trinajstić information content (AvgIpc) is 3.53. The number of unbranched alkanes of at least 4 members (excludes halogenated alkanes) is 4. The number of benzene rings is 2. The van der Waals surface area contributed by atoms with E-state index in [1.807, 2.05) is 30.3 Å². The fourth-order valence-corrected chi connectivity index (χ4v) is 6.77. The topological polar surface area (TPSA) is 144 Å². The number of carbonyl (C=O) groups is 3. The minimum absolute atomic E-state index is 0.0597. The number of amides is 2. The highest BCUT2D eigenvalue weighted by atomic mass is 16.8. The zero-order valence-corrected chi connectivity index (χ0v) is 30.8.